The molecular weight excluding hydrogens is 339 g/mol. The van der Waals surface area contributed by atoms with Crippen LogP contribution in [0.2, 0.25) is 0 Å². The lowest BCUT2D eigenvalue weighted by Gasteiger charge is -2.31. The molecule has 136 valence electrons. The average molecular weight is 357 g/mol. The molecule has 8 heteroatoms. The Hall–Kier alpha value is -2.51. The fourth-order valence-corrected chi connectivity index (χ4v) is 2.68. The zero-order chi connectivity index (χ0) is 18.6. The summed E-state index contributed by atoms with van der Waals surface area (Å²) in [6, 6.07) is 2.68. The van der Waals surface area contributed by atoms with Crippen molar-refractivity contribution >= 4 is 11.9 Å². The van der Waals surface area contributed by atoms with Gasteiger partial charge in [0.2, 0.25) is 0 Å². The van der Waals surface area contributed by atoms with Gasteiger partial charge in [0.15, 0.2) is 0 Å². The van der Waals surface area contributed by atoms with Crippen molar-refractivity contribution in [3.05, 3.63) is 42.0 Å². The molecule has 0 saturated carbocycles. The lowest BCUT2D eigenvalue weighted by Crippen LogP contribution is -2.42. The predicted octanol–water partition coefficient (Wildman–Crippen LogP) is 3.21. The largest absolute Gasteiger partial charge is 0.489 e. The van der Waals surface area contributed by atoms with Crippen LogP contribution in [0.5, 0.6) is 5.75 Å². The van der Waals surface area contributed by atoms with Crippen molar-refractivity contribution in [2.24, 2.45) is 5.92 Å². The predicted molar refractivity (Wildman–Crippen MR) is 83.4 cm³/mol. The Labute approximate surface area is 142 Å². The number of carboxylic acid groups (broad SMARTS) is 1. The molecule has 1 N–H and O–H groups in total. The quantitative estimate of drug-likeness (QED) is 0.822. The maximum absolute atomic E-state index is 13.0. The molecule has 1 saturated heterocycles. The molecule has 0 spiro atoms. The molecule has 0 unspecified atom stereocenters. The summed E-state index contributed by atoms with van der Waals surface area (Å²) < 4.78 is 44.2. The molecule has 1 aromatic rings. The average Bonchev–Trinajstić information content (AvgIpc) is 2.58. The number of aliphatic carboxylic acids is 1. The molecule has 5 nitrogen and oxygen atoms in total. The van der Waals surface area contributed by atoms with Crippen molar-refractivity contribution in [1.29, 1.82) is 0 Å². The van der Waals surface area contributed by atoms with Gasteiger partial charge in [-0.25, -0.2) is 0 Å². The Morgan fingerprint density at radius 3 is 2.72 bits per heavy atom. The number of likely N-dealkylation sites (tertiary alicyclic amines) is 1. The summed E-state index contributed by atoms with van der Waals surface area (Å²) in [5.74, 6) is -2.41. The summed E-state index contributed by atoms with van der Waals surface area (Å²) in [7, 11) is 0. The molecule has 0 radical (unpaired) electrons. The fraction of sp³-hybridized carbons (Fsp3) is 0.412. The number of halogens is 3. The van der Waals surface area contributed by atoms with E-state index in [0.29, 0.717) is 19.4 Å². The van der Waals surface area contributed by atoms with Crippen LogP contribution < -0.4 is 4.74 Å². The van der Waals surface area contributed by atoms with Gasteiger partial charge in [-0.1, -0.05) is 12.7 Å². The van der Waals surface area contributed by atoms with Crippen LogP contribution >= 0.6 is 0 Å². The van der Waals surface area contributed by atoms with Crippen molar-refractivity contribution in [1.82, 2.24) is 4.90 Å². The minimum absolute atomic E-state index is 0.00958. The number of rotatable bonds is 5. The van der Waals surface area contributed by atoms with Crippen LogP contribution in [-0.2, 0) is 11.0 Å². The number of hydrogen-bond acceptors (Lipinski definition) is 3. The number of benzene rings is 1. The molecule has 0 bridgehead atoms. The highest BCUT2D eigenvalue weighted by Gasteiger charge is 2.34. The molecule has 1 aliphatic rings. The molecule has 1 aromatic carbocycles. The maximum atomic E-state index is 13.0. The van der Waals surface area contributed by atoms with Crippen molar-refractivity contribution in [2.45, 2.75) is 19.0 Å². The summed E-state index contributed by atoms with van der Waals surface area (Å²) in [6.07, 6.45) is -2.28. The van der Waals surface area contributed by atoms with E-state index in [1.54, 1.807) is 0 Å². The number of nitrogens with zero attached hydrogens (tertiary/aromatic N) is 1. The van der Waals surface area contributed by atoms with E-state index in [2.05, 4.69) is 6.58 Å². The van der Waals surface area contributed by atoms with Gasteiger partial charge >= 0.3 is 12.1 Å². The maximum Gasteiger partial charge on any atom is 0.416 e. The van der Waals surface area contributed by atoms with Gasteiger partial charge in [0.25, 0.3) is 5.91 Å². The Balaban J connectivity index is 2.34. The second kappa shape index (κ2) is 7.58. The number of ether oxygens (including phenoxy) is 1. The second-order valence-electron chi connectivity index (χ2n) is 5.74. The van der Waals surface area contributed by atoms with Crippen LogP contribution in [0.3, 0.4) is 0 Å². The minimum atomic E-state index is -4.60. The molecule has 25 heavy (non-hydrogen) atoms. The first-order chi connectivity index (χ1) is 11.7. The summed E-state index contributed by atoms with van der Waals surface area (Å²) in [5.41, 5.74) is -1.20. The molecule has 1 fully saturated rings. The highest BCUT2D eigenvalue weighted by atomic mass is 19.4. The highest BCUT2D eigenvalue weighted by Crippen LogP contribution is 2.33. The zero-order valence-corrected chi connectivity index (χ0v) is 13.4. The van der Waals surface area contributed by atoms with Gasteiger partial charge in [0.1, 0.15) is 12.4 Å². The first kappa shape index (κ1) is 18.8. The van der Waals surface area contributed by atoms with E-state index in [9.17, 15) is 22.8 Å². The number of carboxylic acids is 1. The van der Waals surface area contributed by atoms with E-state index >= 15 is 0 Å². The molecule has 1 aliphatic heterocycles. The van der Waals surface area contributed by atoms with Gasteiger partial charge in [-0.05, 0) is 31.0 Å². The van der Waals surface area contributed by atoms with Gasteiger partial charge in [-0.3, -0.25) is 9.59 Å². The Morgan fingerprint density at radius 2 is 2.12 bits per heavy atom. The topological polar surface area (TPSA) is 66.8 Å². The van der Waals surface area contributed by atoms with Crippen molar-refractivity contribution in [2.75, 3.05) is 19.7 Å². The van der Waals surface area contributed by atoms with E-state index in [4.69, 9.17) is 9.84 Å². The van der Waals surface area contributed by atoms with E-state index < -0.39 is 29.5 Å². The third kappa shape index (κ3) is 4.52. The van der Waals surface area contributed by atoms with Gasteiger partial charge in [0.05, 0.1) is 17.0 Å². The number of carbonyl (C=O) groups excluding carboxylic acids is 1. The third-order valence-corrected chi connectivity index (χ3v) is 3.95. The minimum Gasteiger partial charge on any atom is -0.489 e. The number of hydrogen-bond donors (Lipinski definition) is 1. The van der Waals surface area contributed by atoms with Gasteiger partial charge in [-0.15, -0.1) is 0 Å². The van der Waals surface area contributed by atoms with Crippen LogP contribution in [0.1, 0.15) is 28.8 Å². The molecule has 0 aliphatic carbocycles. The summed E-state index contributed by atoms with van der Waals surface area (Å²) in [5, 5.41) is 9.11. The Bertz CT molecular complexity index is 672. The lowest BCUT2D eigenvalue weighted by atomic mass is 9.97. The summed E-state index contributed by atoms with van der Waals surface area (Å²) in [4.78, 5) is 25.1. The lowest BCUT2D eigenvalue weighted by molar-refractivity contribution is -0.143. The van der Waals surface area contributed by atoms with Crippen LogP contribution in [0, 0.1) is 5.92 Å². The van der Waals surface area contributed by atoms with Crippen molar-refractivity contribution < 1.29 is 32.6 Å². The van der Waals surface area contributed by atoms with Crippen molar-refractivity contribution in [3.8, 4) is 5.75 Å². The number of amides is 1. The molecule has 1 heterocycles. The summed E-state index contributed by atoms with van der Waals surface area (Å²) >= 11 is 0. The van der Waals surface area contributed by atoms with Gasteiger partial charge in [0, 0.05) is 13.1 Å². The second-order valence-corrected chi connectivity index (χ2v) is 5.74. The van der Waals surface area contributed by atoms with Crippen molar-refractivity contribution in [3.63, 3.8) is 0 Å². The first-order valence-electron chi connectivity index (χ1n) is 7.71. The van der Waals surface area contributed by atoms with Gasteiger partial charge < -0.3 is 14.7 Å². The monoisotopic (exact) mass is 357 g/mol. The normalized spacial score (nSPS) is 17.9. The van der Waals surface area contributed by atoms with E-state index in [-0.39, 0.29) is 24.5 Å². The fourth-order valence-electron chi connectivity index (χ4n) is 2.68. The molecule has 2 rings (SSSR count). The van der Waals surface area contributed by atoms with E-state index in [1.165, 1.54) is 11.0 Å². The smallest absolute Gasteiger partial charge is 0.416 e. The highest BCUT2D eigenvalue weighted by molar-refractivity contribution is 5.97. The number of piperidine rings is 1. The van der Waals surface area contributed by atoms with E-state index in [0.717, 1.165) is 18.2 Å². The third-order valence-electron chi connectivity index (χ3n) is 3.95. The van der Waals surface area contributed by atoms with E-state index in [1.807, 2.05) is 0 Å². The molecule has 0 aromatic heterocycles. The molecule has 1 atom stereocenters. The number of carbonyl (C=O) groups is 2. The standard InChI is InChI=1S/C17H18F3NO4/c1-2-8-25-14-6-5-12(17(18,19)20)9-13(14)15(22)21-7-3-4-11(10-21)16(23)24/h2,5-6,9,11H,1,3-4,7-8,10H2,(H,23,24)/t11-/m0/s1. The van der Waals surface area contributed by atoms with Crippen LogP contribution in [0.25, 0.3) is 0 Å². The Kier molecular flexibility index (Phi) is 5.71. The Morgan fingerprint density at radius 1 is 1.40 bits per heavy atom. The molecule has 1 amide bonds. The zero-order valence-electron chi connectivity index (χ0n) is 13.4. The van der Waals surface area contributed by atoms with Gasteiger partial charge in [-0.2, -0.15) is 13.2 Å². The molecular formula is C17H18F3NO4. The SMILES string of the molecule is C=CCOc1ccc(C(F)(F)F)cc1C(=O)N1CCC[C@H](C(=O)O)C1. The van der Waals surface area contributed by atoms with Crippen LogP contribution in [0.15, 0.2) is 30.9 Å². The van der Waals surface area contributed by atoms with Crippen LogP contribution in [0.4, 0.5) is 13.2 Å². The van der Waals surface area contributed by atoms with Crippen LogP contribution in [-0.4, -0.2) is 41.6 Å². The first-order valence-corrected chi connectivity index (χ1v) is 7.71. The number of alkyl halides is 3. The summed E-state index contributed by atoms with van der Waals surface area (Å²) in [6.45, 7) is 3.75.